The molecule has 1 aliphatic rings. The van der Waals surface area contributed by atoms with Gasteiger partial charge in [-0.25, -0.2) is 0 Å². The van der Waals surface area contributed by atoms with E-state index in [1.165, 1.54) is 38.5 Å². The molecule has 0 aromatic carbocycles. The molecule has 0 heterocycles. The minimum atomic E-state index is 0.999. The van der Waals surface area contributed by atoms with Crippen LogP contribution < -0.4 is 0 Å². The molecule has 0 atom stereocenters. The van der Waals surface area contributed by atoms with E-state index in [4.69, 9.17) is 0 Å². The molecule has 0 saturated heterocycles. The molecule has 128 valence electrons. The summed E-state index contributed by atoms with van der Waals surface area (Å²) in [5.74, 6) is 26.3. The minimum Gasteiger partial charge on any atom is -0.103 e. The highest BCUT2D eigenvalue weighted by atomic mass is 13.9. The predicted molar refractivity (Wildman–Crippen MR) is 105 cm³/mol. The smallest absolute Gasteiger partial charge is 0.00977 e. The maximum atomic E-state index is 3.29. The molecule has 0 bridgehead atoms. The quantitative estimate of drug-likeness (QED) is 0.462. The lowest BCUT2D eigenvalue weighted by atomic mass is 10.1. The summed E-state index contributed by atoms with van der Waals surface area (Å²) in [6.45, 7) is 0. The second kappa shape index (κ2) is 17.6. The van der Waals surface area contributed by atoms with E-state index in [-0.39, 0.29) is 0 Å². The van der Waals surface area contributed by atoms with E-state index in [1.54, 1.807) is 0 Å². The van der Waals surface area contributed by atoms with Crippen LogP contribution in [0, 0.1) is 47.4 Å². The van der Waals surface area contributed by atoms with E-state index in [0.29, 0.717) is 0 Å². The molecule has 0 nitrogen and oxygen atoms in total. The topological polar surface area (TPSA) is 0 Å². The summed E-state index contributed by atoms with van der Waals surface area (Å²) in [7, 11) is 0. The molecular formula is C24H32. The van der Waals surface area contributed by atoms with E-state index >= 15 is 0 Å². The highest BCUT2D eigenvalue weighted by molar-refractivity contribution is 5.03. The van der Waals surface area contributed by atoms with Gasteiger partial charge >= 0.3 is 0 Å². The van der Waals surface area contributed by atoms with Crippen LogP contribution in [0.15, 0.2) is 0 Å². The summed E-state index contributed by atoms with van der Waals surface area (Å²) in [6, 6.07) is 0. The van der Waals surface area contributed by atoms with Gasteiger partial charge in [0.2, 0.25) is 0 Å². The van der Waals surface area contributed by atoms with Crippen LogP contribution in [0.5, 0.6) is 0 Å². The molecule has 0 unspecified atom stereocenters. The van der Waals surface area contributed by atoms with Crippen molar-refractivity contribution >= 4 is 0 Å². The Labute approximate surface area is 150 Å². The maximum absolute atomic E-state index is 3.29. The van der Waals surface area contributed by atoms with Gasteiger partial charge in [0.05, 0.1) is 0 Å². The molecule has 0 N–H and O–H groups in total. The molecule has 0 amide bonds. The summed E-state index contributed by atoms with van der Waals surface area (Å²) < 4.78 is 0. The third-order valence-corrected chi connectivity index (χ3v) is 3.91. The van der Waals surface area contributed by atoms with Crippen LogP contribution in [-0.4, -0.2) is 0 Å². The second-order valence-corrected chi connectivity index (χ2v) is 6.24. The Morgan fingerprint density at radius 2 is 0.417 bits per heavy atom. The summed E-state index contributed by atoms with van der Waals surface area (Å²) in [4.78, 5) is 0. The molecule has 1 aliphatic carbocycles. The van der Waals surface area contributed by atoms with E-state index in [0.717, 1.165) is 64.2 Å². The minimum absolute atomic E-state index is 0.999. The van der Waals surface area contributed by atoms with Gasteiger partial charge in [-0.1, -0.05) is 12.8 Å². The zero-order valence-electron chi connectivity index (χ0n) is 15.3. The molecule has 0 heteroatoms. The first kappa shape index (κ1) is 20.3. The fraction of sp³-hybridized carbons (Fsp3) is 0.667. The zero-order chi connectivity index (χ0) is 17.0. The molecule has 1 rings (SSSR count). The van der Waals surface area contributed by atoms with Gasteiger partial charge in [0.25, 0.3) is 0 Å². The van der Waals surface area contributed by atoms with Gasteiger partial charge in [-0.15, -0.1) is 47.4 Å². The lowest BCUT2D eigenvalue weighted by Gasteiger charge is -1.93. The number of hydrogen-bond acceptors (Lipinski definition) is 0. The standard InChI is InChI=1S/C24H32/c1-2-4-6-8-10-12-14-16-18-20-22-24-23-21-19-17-15-13-11-9-7-5-3-1/h1-5,10-15,20-24H2. The Morgan fingerprint density at radius 1 is 0.208 bits per heavy atom. The Kier molecular flexibility index (Phi) is 14.9. The lowest BCUT2D eigenvalue weighted by Crippen LogP contribution is -1.78. The molecule has 0 aliphatic heterocycles. The van der Waals surface area contributed by atoms with Crippen LogP contribution in [0.25, 0.3) is 0 Å². The normalized spacial score (nSPS) is 18.7. The second-order valence-electron chi connectivity index (χ2n) is 6.24. The maximum Gasteiger partial charge on any atom is 0.00977 e. The van der Waals surface area contributed by atoms with Crippen molar-refractivity contribution in [3.63, 3.8) is 0 Å². The van der Waals surface area contributed by atoms with Gasteiger partial charge in [-0.05, 0) is 38.5 Å². The zero-order valence-corrected chi connectivity index (χ0v) is 15.3. The van der Waals surface area contributed by atoms with Crippen LogP contribution in [0.2, 0.25) is 0 Å². The van der Waals surface area contributed by atoms with Crippen molar-refractivity contribution in [2.24, 2.45) is 0 Å². The highest BCUT2D eigenvalue weighted by Crippen LogP contribution is 2.04. The summed E-state index contributed by atoms with van der Waals surface area (Å²) in [5, 5.41) is 0. The lowest BCUT2D eigenvalue weighted by molar-refractivity contribution is 0.707. The highest BCUT2D eigenvalue weighted by Gasteiger charge is 1.88. The monoisotopic (exact) mass is 320 g/mol. The predicted octanol–water partition coefficient (Wildman–Crippen LogP) is 6.26. The average molecular weight is 321 g/mol. The van der Waals surface area contributed by atoms with Crippen molar-refractivity contribution in [3.05, 3.63) is 0 Å². The first-order valence-corrected chi connectivity index (χ1v) is 9.83. The Bertz CT molecular complexity index is 436. The summed E-state index contributed by atoms with van der Waals surface area (Å²) >= 11 is 0. The van der Waals surface area contributed by atoms with Gasteiger partial charge in [0.1, 0.15) is 0 Å². The van der Waals surface area contributed by atoms with Gasteiger partial charge in [0.15, 0.2) is 0 Å². The Balaban J connectivity index is 2.25. The third kappa shape index (κ3) is 15.1. The Hall–Kier alpha value is -1.76. The van der Waals surface area contributed by atoms with Gasteiger partial charge < -0.3 is 0 Å². The van der Waals surface area contributed by atoms with E-state index in [9.17, 15) is 0 Å². The fourth-order valence-electron chi connectivity index (χ4n) is 2.44. The van der Waals surface area contributed by atoms with Crippen LogP contribution >= 0.6 is 0 Å². The van der Waals surface area contributed by atoms with Crippen LogP contribution in [0.1, 0.15) is 103 Å². The van der Waals surface area contributed by atoms with E-state index in [2.05, 4.69) is 47.4 Å². The molecule has 24 heavy (non-hydrogen) atoms. The summed E-state index contributed by atoms with van der Waals surface area (Å²) in [5.41, 5.74) is 0. The summed E-state index contributed by atoms with van der Waals surface area (Å²) in [6.07, 6.45) is 17.7. The Morgan fingerprint density at radius 3 is 0.667 bits per heavy atom. The van der Waals surface area contributed by atoms with Crippen molar-refractivity contribution < 1.29 is 0 Å². The number of hydrogen-bond donors (Lipinski definition) is 0. The van der Waals surface area contributed by atoms with Crippen molar-refractivity contribution in [2.75, 3.05) is 0 Å². The van der Waals surface area contributed by atoms with Crippen molar-refractivity contribution in [3.8, 4) is 47.4 Å². The van der Waals surface area contributed by atoms with Crippen LogP contribution in [0.4, 0.5) is 0 Å². The average Bonchev–Trinajstić information content (AvgIpc) is 2.59. The number of rotatable bonds is 0. The molecule has 0 radical (unpaired) electrons. The van der Waals surface area contributed by atoms with Crippen molar-refractivity contribution in [2.45, 2.75) is 103 Å². The molecule has 0 aromatic rings. The molecule has 0 spiro atoms. The third-order valence-electron chi connectivity index (χ3n) is 3.91. The molecular weight excluding hydrogens is 288 g/mol. The largest absolute Gasteiger partial charge is 0.103 e. The first-order chi connectivity index (χ1) is 12.0. The van der Waals surface area contributed by atoms with Gasteiger partial charge in [-0.2, -0.15) is 0 Å². The van der Waals surface area contributed by atoms with Crippen molar-refractivity contribution in [1.29, 1.82) is 0 Å². The first-order valence-electron chi connectivity index (χ1n) is 9.83. The SMILES string of the molecule is C1#CCCCCCC#CCCCC#CCCCCCC#CCCC1. The van der Waals surface area contributed by atoms with Gasteiger partial charge in [0, 0.05) is 51.4 Å². The van der Waals surface area contributed by atoms with Gasteiger partial charge in [-0.3, -0.25) is 0 Å². The van der Waals surface area contributed by atoms with E-state index in [1.807, 2.05) is 0 Å². The fourth-order valence-corrected chi connectivity index (χ4v) is 2.44. The van der Waals surface area contributed by atoms with Crippen LogP contribution in [0.3, 0.4) is 0 Å². The van der Waals surface area contributed by atoms with E-state index < -0.39 is 0 Å². The van der Waals surface area contributed by atoms with Crippen molar-refractivity contribution in [1.82, 2.24) is 0 Å². The van der Waals surface area contributed by atoms with Crippen LogP contribution in [-0.2, 0) is 0 Å². The molecule has 0 fully saturated rings. The molecule has 0 aromatic heterocycles. The molecule has 0 saturated carbocycles.